The van der Waals surface area contributed by atoms with E-state index in [4.69, 9.17) is 22.4 Å². The Morgan fingerprint density at radius 1 is 1.33 bits per heavy atom. The monoisotopic (exact) mass is 185 g/mol. The van der Waals surface area contributed by atoms with Gasteiger partial charge in [0.15, 0.2) is 0 Å². The molecule has 1 atom stereocenters. The summed E-state index contributed by atoms with van der Waals surface area (Å²) in [5, 5.41) is 9.64. The van der Waals surface area contributed by atoms with Crippen LogP contribution in [0, 0.1) is 0 Å². The first-order valence-electron chi connectivity index (χ1n) is 3.84. The summed E-state index contributed by atoms with van der Waals surface area (Å²) in [5.74, 6) is 0.0299. The van der Waals surface area contributed by atoms with Gasteiger partial charge in [-0.05, 0) is 17.7 Å². The molecule has 0 fully saturated rings. The van der Waals surface area contributed by atoms with Gasteiger partial charge in [0.2, 0.25) is 0 Å². The smallest absolute Gasteiger partial charge is 0.0511 e. The van der Waals surface area contributed by atoms with Crippen molar-refractivity contribution in [2.75, 3.05) is 13.2 Å². The van der Waals surface area contributed by atoms with Crippen LogP contribution in [0.5, 0.6) is 0 Å². The third-order valence-electron chi connectivity index (χ3n) is 1.85. The average molecular weight is 186 g/mol. The third kappa shape index (κ3) is 2.21. The molecule has 0 aromatic heterocycles. The molecular weight excluding hydrogens is 174 g/mol. The van der Waals surface area contributed by atoms with Crippen LogP contribution in [0.1, 0.15) is 11.5 Å². The second-order valence-electron chi connectivity index (χ2n) is 2.67. The maximum Gasteiger partial charge on any atom is 0.0511 e. The van der Waals surface area contributed by atoms with Gasteiger partial charge in [-0.2, -0.15) is 0 Å². The third-order valence-corrected chi connectivity index (χ3v) is 2.10. The Bertz CT molecular complexity index is 231. The Morgan fingerprint density at radius 2 is 1.92 bits per heavy atom. The van der Waals surface area contributed by atoms with Crippen LogP contribution < -0.4 is 5.73 Å². The van der Waals surface area contributed by atoms with Crippen LogP contribution >= 0.6 is 11.6 Å². The predicted molar refractivity (Wildman–Crippen MR) is 50.3 cm³/mol. The van der Waals surface area contributed by atoms with E-state index in [9.17, 15) is 0 Å². The molecule has 0 amide bonds. The highest BCUT2D eigenvalue weighted by molar-refractivity contribution is 6.30. The summed E-state index contributed by atoms with van der Waals surface area (Å²) in [6.45, 7) is 0.538. The fraction of sp³-hybridized carbons (Fsp3) is 0.333. The lowest BCUT2D eigenvalue weighted by molar-refractivity contribution is 0.268. The number of halogens is 1. The van der Waals surface area contributed by atoms with Crippen molar-refractivity contribution in [2.24, 2.45) is 5.73 Å². The average Bonchev–Trinajstić information content (AvgIpc) is 2.10. The van der Waals surface area contributed by atoms with Crippen molar-refractivity contribution in [3.05, 3.63) is 34.9 Å². The Hall–Kier alpha value is -0.570. The first-order valence-corrected chi connectivity index (χ1v) is 4.22. The molecule has 3 heteroatoms. The van der Waals surface area contributed by atoms with Crippen LogP contribution in [-0.2, 0) is 0 Å². The van der Waals surface area contributed by atoms with Crippen LogP contribution in [0.2, 0.25) is 5.02 Å². The summed E-state index contributed by atoms with van der Waals surface area (Å²) in [6, 6.07) is 7.37. The molecule has 0 aliphatic heterocycles. The molecule has 0 radical (unpaired) electrons. The molecule has 1 aromatic rings. The van der Waals surface area contributed by atoms with Gasteiger partial charge in [-0.3, -0.25) is 0 Å². The van der Waals surface area contributed by atoms with Gasteiger partial charge >= 0.3 is 0 Å². The van der Waals surface area contributed by atoms with E-state index in [0.717, 1.165) is 5.56 Å². The minimum Gasteiger partial charge on any atom is -0.396 e. The SMILES string of the molecule is NC[C@@H](CO)c1ccc(Cl)cc1. The molecule has 0 aliphatic carbocycles. The fourth-order valence-corrected chi connectivity index (χ4v) is 1.18. The van der Waals surface area contributed by atoms with Crippen molar-refractivity contribution in [3.63, 3.8) is 0 Å². The molecule has 1 rings (SSSR count). The van der Waals surface area contributed by atoms with Crippen LogP contribution in [0.15, 0.2) is 24.3 Å². The fourth-order valence-electron chi connectivity index (χ4n) is 1.05. The van der Waals surface area contributed by atoms with Crippen molar-refractivity contribution in [3.8, 4) is 0 Å². The molecule has 1 aromatic carbocycles. The maximum atomic E-state index is 8.94. The highest BCUT2D eigenvalue weighted by Gasteiger charge is 2.06. The summed E-state index contributed by atoms with van der Waals surface area (Å²) in [4.78, 5) is 0. The number of rotatable bonds is 3. The van der Waals surface area contributed by atoms with Gasteiger partial charge in [-0.15, -0.1) is 0 Å². The van der Waals surface area contributed by atoms with E-state index in [2.05, 4.69) is 0 Å². The lowest BCUT2D eigenvalue weighted by atomic mass is 10.0. The lowest BCUT2D eigenvalue weighted by Gasteiger charge is -2.11. The van der Waals surface area contributed by atoms with E-state index >= 15 is 0 Å². The van der Waals surface area contributed by atoms with Gasteiger partial charge in [0.05, 0.1) is 6.61 Å². The molecule has 66 valence electrons. The number of nitrogens with two attached hydrogens (primary N) is 1. The predicted octanol–water partition coefficient (Wildman–Crippen LogP) is 1.37. The van der Waals surface area contributed by atoms with Gasteiger partial charge in [-0.25, -0.2) is 0 Å². The van der Waals surface area contributed by atoms with E-state index in [1.165, 1.54) is 0 Å². The summed E-state index contributed by atoms with van der Waals surface area (Å²) in [7, 11) is 0. The number of aliphatic hydroxyl groups excluding tert-OH is 1. The van der Waals surface area contributed by atoms with Gasteiger partial charge in [0.1, 0.15) is 0 Å². The molecule has 0 spiro atoms. The maximum absolute atomic E-state index is 8.94. The van der Waals surface area contributed by atoms with Crippen LogP contribution in [0.4, 0.5) is 0 Å². The number of aliphatic hydroxyl groups is 1. The number of hydrogen-bond acceptors (Lipinski definition) is 2. The Kier molecular flexibility index (Phi) is 3.53. The zero-order valence-electron chi connectivity index (χ0n) is 6.70. The van der Waals surface area contributed by atoms with Crippen molar-refractivity contribution < 1.29 is 5.11 Å². The van der Waals surface area contributed by atoms with E-state index < -0.39 is 0 Å². The standard InChI is InChI=1S/C9H12ClNO/c10-9-3-1-7(2-4-9)8(5-11)6-12/h1-4,8,12H,5-6,11H2/t8-/m0/s1. The van der Waals surface area contributed by atoms with Crippen molar-refractivity contribution in [1.82, 2.24) is 0 Å². The molecule has 0 unspecified atom stereocenters. The second-order valence-corrected chi connectivity index (χ2v) is 3.10. The Balaban J connectivity index is 2.80. The number of hydrogen-bond donors (Lipinski definition) is 2. The molecule has 0 saturated carbocycles. The van der Waals surface area contributed by atoms with E-state index in [1.807, 2.05) is 12.1 Å². The van der Waals surface area contributed by atoms with Gasteiger partial charge in [0.25, 0.3) is 0 Å². The van der Waals surface area contributed by atoms with Crippen LogP contribution in [0.25, 0.3) is 0 Å². The van der Waals surface area contributed by atoms with E-state index in [-0.39, 0.29) is 12.5 Å². The summed E-state index contributed by atoms with van der Waals surface area (Å²) in [5.41, 5.74) is 6.49. The molecule has 3 N–H and O–H groups in total. The normalized spacial score (nSPS) is 12.9. The van der Waals surface area contributed by atoms with Crippen molar-refractivity contribution in [2.45, 2.75) is 5.92 Å². The van der Waals surface area contributed by atoms with Gasteiger partial charge in [0, 0.05) is 17.5 Å². The van der Waals surface area contributed by atoms with Crippen LogP contribution in [0.3, 0.4) is 0 Å². The van der Waals surface area contributed by atoms with Crippen molar-refractivity contribution in [1.29, 1.82) is 0 Å². The summed E-state index contributed by atoms with van der Waals surface area (Å²) < 4.78 is 0. The Labute approximate surface area is 77.0 Å². The van der Waals surface area contributed by atoms with E-state index in [1.54, 1.807) is 12.1 Å². The Morgan fingerprint density at radius 3 is 2.33 bits per heavy atom. The summed E-state index contributed by atoms with van der Waals surface area (Å²) >= 11 is 5.71. The minimum atomic E-state index is 0.0299. The molecule has 12 heavy (non-hydrogen) atoms. The molecule has 0 heterocycles. The quantitative estimate of drug-likeness (QED) is 0.748. The zero-order chi connectivity index (χ0) is 8.97. The topological polar surface area (TPSA) is 46.2 Å². The molecule has 2 nitrogen and oxygen atoms in total. The molecule has 0 bridgehead atoms. The zero-order valence-corrected chi connectivity index (χ0v) is 7.46. The van der Waals surface area contributed by atoms with Gasteiger partial charge < -0.3 is 10.8 Å². The van der Waals surface area contributed by atoms with E-state index in [0.29, 0.717) is 11.6 Å². The minimum absolute atomic E-state index is 0.0299. The lowest BCUT2D eigenvalue weighted by Crippen LogP contribution is -2.15. The molecule has 0 aliphatic rings. The first-order chi connectivity index (χ1) is 5.77. The largest absolute Gasteiger partial charge is 0.396 e. The number of benzene rings is 1. The second kappa shape index (κ2) is 4.45. The highest BCUT2D eigenvalue weighted by atomic mass is 35.5. The van der Waals surface area contributed by atoms with Gasteiger partial charge in [-0.1, -0.05) is 23.7 Å². The summed E-state index contributed by atoms with van der Waals surface area (Å²) in [6.07, 6.45) is 0. The van der Waals surface area contributed by atoms with Crippen LogP contribution in [-0.4, -0.2) is 18.3 Å². The molecule has 0 saturated heterocycles. The highest BCUT2D eigenvalue weighted by Crippen LogP contribution is 2.16. The molecular formula is C9H12ClNO. The first kappa shape index (κ1) is 9.52. The van der Waals surface area contributed by atoms with Crippen molar-refractivity contribution >= 4 is 11.6 Å².